The zero-order valence-corrected chi connectivity index (χ0v) is 15.0. The lowest BCUT2D eigenvalue weighted by molar-refractivity contribution is 0.198. The van der Waals surface area contributed by atoms with Gasteiger partial charge in [-0.15, -0.1) is 11.3 Å². The molecule has 3 heterocycles. The monoisotopic (exact) mass is 359 g/mol. The van der Waals surface area contributed by atoms with Gasteiger partial charge in [-0.3, -0.25) is 4.90 Å². The highest BCUT2D eigenvalue weighted by Gasteiger charge is 2.24. The largest absolute Gasteiger partial charge is 0.353 e. The van der Waals surface area contributed by atoms with Crippen molar-refractivity contribution in [1.29, 1.82) is 0 Å². The van der Waals surface area contributed by atoms with Crippen LogP contribution in [0, 0.1) is 0 Å². The summed E-state index contributed by atoms with van der Waals surface area (Å²) in [6, 6.07) is 6.17. The average molecular weight is 360 g/mol. The number of rotatable bonds is 3. The molecule has 3 aromatic rings. The fraction of sp³-hybridized carbons (Fsp3) is 0.353. The van der Waals surface area contributed by atoms with Gasteiger partial charge in [0.2, 0.25) is 0 Å². The Kier molecular flexibility index (Phi) is 4.35. The number of benzene rings is 1. The predicted molar refractivity (Wildman–Crippen MR) is 98.9 cm³/mol. The van der Waals surface area contributed by atoms with Crippen LogP contribution in [-0.4, -0.2) is 46.0 Å². The van der Waals surface area contributed by atoms with E-state index in [1.54, 1.807) is 17.7 Å². The maximum absolute atomic E-state index is 6.07. The minimum absolute atomic E-state index is 0.369. The van der Waals surface area contributed by atoms with Gasteiger partial charge in [-0.1, -0.05) is 11.6 Å². The summed E-state index contributed by atoms with van der Waals surface area (Å²) in [7, 11) is 0. The van der Waals surface area contributed by atoms with E-state index in [1.165, 1.54) is 5.01 Å². The van der Waals surface area contributed by atoms with Gasteiger partial charge in [-0.2, -0.15) is 0 Å². The summed E-state index contributed by atoms with van der Waals surface area (Å²) >= 11 is 7.80. The van der Waals surface area contributed by atoms with Crippen molar-refractivity contribution in [3.8, 4) is 0 Å². The molecule has 1 aromatic carbocycles. The fourth-order valence-corrected chi connectivity index (χ4v) is 4.08. The van der Waals surface area contributed by atoms with Gasteiger partial charge in [0.15, 0.2) is 0 Å². The number of fused-ring (bicyclic) bond motifs is 1. The molecule has 4 rings (SSSR count). The van der Waals surface area contributed by atoms with Crippen molar-refractivity contribution in [1.82, 2.24) is 19.9 Å². The molecule has 0 saturated carbocycles. The molecule has 1 saturated heterocycles. The Balaban J connectivity index is 1.52. The lowest BCUT2D eigenvalue weighted by atomic mass is 10.2. The Morgan fingerprint density at radius 3 is 2.71 bits per heavy atom. The summed E-state index contributed by atoms with van der Waals surface area (Å²) in [6.07, 6.45) is 3.50. The molecular formula is C17H18ClN5S. The lowest BCUT2D eigenvalue weighted by Crippen LogP contribution is -2.47. The van der Waals surface area contributed by atoms with E-state index in [0.29, 0.717) is 11.1 Å². The molecule has 0 N–H and O–H groups in total. The van der Waals surface area contributed by atoms with Crippen molar-refractivity contribution >= 4 is 39.7 Å². The van der Waals surface area contributed by atoms with Gasteiger partial charge in [0.25, 0.3) is 0 Å². The molecule has 1 unspecified atom stereocenters. The first-order valence-corrected chi connectivity index (χ1v) is 9.27. The second kappa shape index (κ2) is 6.63. The second-order valence-electron chi connectivity index (χ2n) is 5.93. The molecule has 0 spiro atoms. The fourth-order valence-electron chi connectivity index (χ4n) is 3.19. The Bertz CT molecular complexity index is 830. The Morgan fingerprint density at radius 1 is 1.12 bits per heavy atom. The van der Waals surface area contributed by atoms with Crippen molar-refractivity contribution in [2.45, 2.75) is 13.0 Å². The number of hydrogen-bond donors (Lipinski definition) is 0. The SMILES string of the molecule is CC(c1nccs1)N1CCN(c2ncnc3cc(Cl)ccc23)CC1. The summed E-state index contributed by atoms with van der Waals surface area (Å²) in [4.78, 5) is 18.1. The van der Waals surface area contributed by atoms with Crippen molar-refractivity contribution < 1.29 is 0 Å². The first-order chi connectivity index (χ1) is 11.7. The van der Waals surface area contributed by atoms with Crippen LogP contribution in [0.4, 0.5) is 5.82 Å². The van der Waals surface area contributed by atoms with Crippen molar-refractivity contribution in [2.75, 3.05) is 31.1 Å². The summed E-state index contributed by atoms with van der Waals surface area (Å²) in [5.74, 6) is 0.998. The van der Waals surface area contributed by atoms with Gasteiger partial charge in [0, 0.05) is 48.2 Å². The van der Waals surface area contributed by atoms with Gasteiger partial charge in [0.05, 0.1) is 11.6 Å². The van der Waals surface area contributed by atoms with E-state index >= 15 is 0 Å². The van der Waals surface area contributed by atoms with Gasteiger partial charge < -0.3 is 4.90 Å². The summed E-state index contributed by atoms with van der Waals surface area (Å²) < 4.78 is 0. The van der Waals surface area contributed by atoms with Crippen LogP contribution < -0.4 is 4.90 Å². The molecule has 24 heavy (non-hydrogen) atoms. The highest BCUT2D eigenvalue weighted by Crippen LogP contribution is 2.28. The van der Waals surface area contributed by atoms with E-state index in [9.17, 15) is 0 Å². The van der Waals surface area contributed by atoms with Crippen LogP contribution in [0.25, 0.3) is 10.9 Å². The maximum Gasteiger partial charge on any atom is 0.139 e. The molecule has 124 valence electrons. The van der Waals surface area contributed by atoms with Crippen LogP contribution >= 0.6 is 22.9 Å². The zero-order valence-electron chi connectivity index (χ0n) is 13.4. The maximum atomic E-state index is 6.07. The van der Waals surface area contributed by atoms with Crippen molar-refractivity contribution in [3.05, 3.63) is 46.1 Å². The number of halogens is 1. The van der Waals surface area contributed by atoms with Crippen LogP contribution in [0.5, 0.6) is 0 Å². The number of anilines is 1. The number of piperazine rings is 1. The standard InChI is InChI=1S/C17H18ClN5S/c1-12(17-19-4-9-24-17)22-5-7-23(8-6-22)16-14-3-2-13(18)10-15(14)20-11-21-16/h2-4,9-12H,5-8H2,1H3. The molecule has 7 heteroatoms. The molecule has 5 nitrogen and oxygen atoms in total. The number of thiazole rings is 1. The normalized spacial score (nSPS) is 17.3. The molecule has 2 aromatic heterocycles. The first-order valence-electron chi connectivity index (χ1n) is 8.01. The lowest BCUT2D eigenvalue weighted by Gasteiger charge is -2.38. The Hall–Kier alpha value is -1.76. The number of nitrogens with zero attached hydrogens (tertiary/aromatic N) is 5. The molecule has 0 aliphatic carbocycles. The molecule has 1 aliphatic rings. The number of aromatic nitrogens is 3. The zero-order chi connectivity index (χ0) is 16.5. The quantitative estimate of drug-likeness (QED) is 0.714. The van der Waals surface area contributed by atoms with Gasteiger partial charge in [-0.05, 0) is 25.1 Å². The van der Waals surface area contributed by atoms with E-state index in [2.05, 4.69) is 31.7 Å². The molecule has 0 radical (unpaired) electrons. The third kappa shape index (κ3) is 2.97. The summed E-state index contributed by atoms with van der Waals surface area (Å²) in [5.41, 5.74) is 0.895. The molecule has 1 fully saturated rings. The third-order valence-electron chi connectivity index (χ3n) is 4.55. The van der Waals surface area contributed by atoms with Gasteiger partial charge in [-0.25, -0.2) is 15.0 Å². The molecule has 0 amide bonds. The molecule has 1 aliphatic heterocycles. The topological polar surface area (TPSA) is 45.2 Å². The van der Waals surface area contributed by atoms with Crippen molar-refractivity contribution in [3.63, 3.8) is 0 Å². The van der Waals surface area contributed by atoms with Crippen LogP contribution in [-0.2, 0) is 0 Å². The van der Waals surface area contributed by atoms with Crippen LogP contribution in [0.2, 0.25) is 5.02 Å². The first kappa shape index (κ1) is 15.7. The van der Waals surface area contributed by atoms with Crippen LogP contribution in [0.1, 0.15) is 18.0 Å². The van der Waals surface area contributed by atoms with E-state index in [-0.39, 0.29) is 0 Å². The molecular weight excluding hydrogens is 342 g/mol. The van der Waals surface area contributed by atoms with E-state index in [4.69, 9.17) is 11.6 Å². The summed E-state index contributed by atoms with van der Waals surface area (Å²) in [6.45, 7) is 6.13. The van der Waals surface area contributed by atoms with Gasteiger partial charge >= 0.3 is 0 Å². The predicted octanol–water partition coefficient (Wildman–Crippen LogP) is 3.62. The number of hydrogen-bond acceptors (Lipinski definition) is 6. The van der Waals surface area contributed by atoms with Gasteiger partial charge in [0.1, 0.15) is 17.2 Å². The minimum Gasteiger partial charge on any atom is -0.353 e. The average Bonchev–Trinajstić information content (AvgIpc) is 3.15. The molecule has 1 atom stereocenters. The Labute approximate surface area is 149 Å². The Morgan fingerprint density at radius 2 is 1.96 bits per heavy atom. The summed E-state index contributed by atoms with van der Waals surface area (Å²) in [5, 5.41) is 4.99. The van der Waals surface area contributed by atoms with Crippen LogP contribution in [0.3, 0.4) is 0 Å². The highest BCUT2D eigenvalue weighted by atomic mass is 35.5. The third-order valence-corrected chi connectivity index (χ3v) is 5.73. The smallest absolute Gasteiger partial charge is 0.139 e. The minimum atomic E-state index is 0.369. The van der Waals surface area contributed by atoms with Crippen molar-refractivity contribution in [2.24, 2.45) is 0 Å². The van der Waals surface area contributed by atoms with E-state index < -0.39 is 0 Å². The highest BCUT2D eigenvalue weighted by molar-refractivity contribution is 7.09. The van der Waals surface area contributed by atoms with E-state index in [1.807, 2.05) is 29.8 Å². The van der Waals surface area contributed by atoms with E-state index in [0.717, 1.165) is 42.9 Å². The molecule has 0 bridgehead atoms. The van der Waals surface area contributed by atoms with Crippen LogP contribution in [0.15, 0.2) is 36.1 Å². The second-order valence-corrected chi connectivity index (χ2v) is 7.29.